The monoisotopic (exact) mass is 572 g/mol. The van der Waals surface area contributed by atoms with Crippen LogP contribution in [0.25, 0.3) is 0 Å². The molecule has 2 fully saturated rings. The zero-order valence-corrected chi connectivity index (χ0v) is 24.4. The maximum Gasteiger partial charge on any atom is 0.331 e. The standard InChI is InChI=1S/C32H40N6O4/c1-21(25-15-9-17-27(19-25)33-29(39)23-11-5-3-6-12-23)35-37-31(41)32(42)38-36-22(2)26-16-10-18-28(20-26)34-30(40)24-13-7-4-8-14-24/h9-10,15-20,23-24H,3-8,11-14H2,1-2H3,(H,33,39)(H,34,40)(H,37,41)(H,38,42). The Morgan fingerprint density at radius 1 is 0.595 bits per heavy atom. The summed E-state index contributed by atoms with van der Waals surface area (Å²) in [4.78, 5) is 49.8. The van der Waals surface area contributed by atoms with E-state index in [2.05, 4.69) is 31.7 Å². The highest BCUT2D eigenvalue weighted by Gasteiger charge is 2.22. The van der Waals surface area contributed by atoms with E-state index in [4.69, 9.17) is 0 Å². The Morgan fingerprint density at radius 2 is 0.976 bits per heavy atom. The molecule has 0 aliphatic heterocycles. The molecule has 2 aliphatic carbocycles. The number of nitrogens with zero attached hydrogens (tertiary/aromatic N) is 2. The van der Waals surface area contributed by atoms with Gasteiger partial charge in [-0.15, -0.1) is 0 Å². The SMILES string of the molecule is CC(=NNC(=O)C(=O)NN=C(C)c1cccc(NC(=O)C2CCCCC2)c1)c1cccc(NC(=O)C2CCCCC2)c1. The average Bonchev–Trinajstić information content (AvgIpc) is 3.03. The zero-order chi connectivity index (χ0) is 29.9. The van der Waals surface area contributed by atoms with Crippen molar-refractivity contribution in [1.82, 2.24) is 10.9 Å². The molecule has 2 aromatic carbocycles. The van der Waals surface area contributed by atoms with Crippen LogP contribution in [0, 0.1) is 11.8 Å². The fourth-order valence-electron chi connectivity index (χ4n) is 5.36. The van der Waals surface area contributed by atoms with Gasteiger partial charge in [0.05, 0.1) is 11.4 Å². The first kappa shape index (κ1) is 30.6. The Morgan fingerprint density at radius 3 is 1.36 bits per heavy atom. The van der Waals surface area contributed by atoms with Gasteiger partial charge in [0.15, 0.2) is 0 Å². The highest BCUT2D eigenvalue weighted by Crippen LogP contribution is 2.26. The Bertz CT molecular complexity index is 1250. The second-order valence-electron chi connectivity index (χ2n) is 11.1. The molecule has 2 aromatic rings. The summed E-state index contributed by atoms with van der Waals surface area (Å²) < 4.78 is 0. The van der Waals surface area contributed by atoms with Crippen molar-refractivity contribution in [2.75, 3.05) is 10.6 Å². The van der Waals surface area contributed by atoms with Crippen molar-refractivity contribution < 1.29 is 19.2 Å². The molecule has 4 rings (SSSR count). The maximum absolute atomic E-state index is 12.6. The Hall–Kier alpha value is -4.34. The van der Waals surface area contributed by atoms with Crippen LogP contribution >= 0.6 is 0 Å². The van der Waals surface area contributed by atoms with Gasteiger partial charge in [-0.1, -0.05) is 62.8 Å². The number of anilines is 2. The van der Waals surface area contributed by atoms with Crippen LogP contribution in [-0.4, -0.2) is 35.1 Å². The summed E-state index contributed by atoms with van der Waals surface area (Å²) in [5.74, 6) is -1.81. The van der Waals surface area contributed by atoms with Gasteiger partial charge in [0.25, 0.3) is 0 Å². The first-order chi connectivity index (χ1) is 20.3. The van der Waals surface area contributed by atoms with E-state index in [0.717, 1.165) is 51.4 Å². The highest BCUT2D eigenvalue weighted by molar-refractivity contribution is 6.35. The summed E-state index contributed by atoms with van der Waals surface area (Å²) in [6.45, 7) is 3.39. The van der Waals surface area contributed by atoms with Crippen molar-refractivity contribution in [2.24, 2.45) is 22.0 Å². The van der Waals surface area contributed by atoms with Gasteiger partial charge in [-0.25, -0.2) is 10.9 Å². The molecule has 4 N–H and O–H groups in total. The van der Waals surface area contributed by atoms with Gasteiger partial charge in [-0.3, -0.25) is 19.2 Å². The third-order valence-corrected chi connectivity index (χ3v) is 7.90. The number of hydrazone groups is 2. The number of amides is 4. The molecular weight excluding hydrogens is 532 g/mol. The van der Waals surface area contributed by atoms with E-state index in [1.807, 2.05) is 12.1 Å². The van der Waals surface area contributed by atoms with Crippen molar-refractivity contribution >= 4 is 46.4 Å². The molecule has 0 bridgehead atoms. The number of hydrogen-bond acceptors (Lipinski definition) is 6. The quantitative estimate of drug-likeness (QED) is 0.198. The van der Waals surface area contributed by atoms with Crippen LogP contribution in [0.5, 0.6) is 0 Å². The lowest BCUT2D eigenvalue weighted by molar-refractivity contribution is -0.139. The minimum atomic E-state index is -0.971. The predicted molar refractivity (Wildman–Crippen MR) is 164 cm³/mol. The lowest BCUT2D eigenvalue weighted by Gasteiger charge is -2.20. The predicted octanol–water partition coefficient (Wildman–Crippen LogP) is 5.10. The number of hydrogen-bond donors (Lipinski definition) is 4. The third kappa shape index (κ3) is 8.83. The van der Waals surface area contributed by atoms with Crippen molar-refractivity contribution in [3.05, 3.63) is 59.7 Å². The average molecular weight is 573 g/mol. The molecule has 0 radical (unpaired) electrons. The first-order valence-electron chi connectivity index (χ1n) is 14.8. The van der Waals surface area contributed by atoms with E-state index < -0.39 is 11.8 Å². The Kier molecular flexibility index (Phi) is 11.0. The summed E-state index contributed by atoms with van der Waals surface area (Å²) in [5, 5.41) is 14.0. The first-order valence-corrected chi connectivity index (χ1v) is 14.8. The molecule has 10 nitrogen and oxygen atoms in total. The fraction of sp³-hybridized carbons (Fsp3) is 0.438. The number of benzene rings is 2. The molecule has 0 spiro atoms. The summed E-state index contributed by atoms with van der Waals surface area (Å²) in [6, 6.07) is 14.4. The van der Waals surface area contributed by atoms with E-state index in [-0.39, 0.29) is 23.7 Å². The van der Waals surface area contributed by atoms with Crippen LogP contribution in [-0.2, 0) is 19.2 Å². The largest absolute Gasteiger partial charge is 0.331 e. The van der Waals surface area contributed by atoms with Gasteiger partial charge in [0.2, 0.25) is 11.8 Å². The van der Waals surface area contributed by atoms with Gasteiger partial charge in [-0.05, 0) is 74.9 Å². The molecular formula is C32H40N6O4. The Balaban J connectivity index is 1.28. The molecule has 0 saturated heterocycles. The van der Waals surface area contributed by atoms with E-state index in [0.29, 0.717) is 33.9 Å². The highest BCUT2D eigenvalue weighted by atomic mass is 16.2. The van der Waals surface area contributed by atoms with Gasteiger partial charge >= 0.3 is 11.8 Å². The molecule has 2 saturated carbocycles. The molecule has 0 heterocycles. The van der Waals surface area contributed by atoms with Crippen molar-refractivity contribution in [3.63, 3.8) is 0 Å². The fourth-order valence-corrected chi connectivity index (χ4v) is 5.36. The van der Waals surface area contributed by atoms with E-state index in [1.54, 1.807) is 50.2 Å². The molecule has 0 unspecified atom stereocenters. The minimum Gasteiger partial charge on any atom is -0.326 e. The van der Waals surface area contributed by atoms with Crippen LogP contribution in [0.15, 0.2) is 58.7 Å². The van der Waals surface area contributed by atoms with Crippen LogP contribution in [0.3, 0.4) is 0 Å². The number of carbonyl (C=O) groups is 4. The molecule has 222 valence electrons. The molecule has 2 aliphatic rings. The van der Waals surface area contributed by atoms with Gasteiger partial charge in [0, 0.05) is 23.2 Å². The maximum atomic E-state index is 12.6. The molecule has 4 amide bonds. The third-order valence-electron chi connectivity index (χ3n) is 7.90. The lowest BCUT2D eigenvalue weighted by Crippen LogP contribution is -2.36. The molecule has 10 heteroatoms. The normalized spacial score (nSPS) is 16.8. The lowest BCUT2D eigenvalue weighted by atomic mass is 9.88. The summed E-state index contributed by atoms with van der Waals surface area (Å²) in [7, 11) is 0. The van der Waals surface area contributed by atoms with Gasteiger partial charge in [0.1, 0.15) is 0 Å². The van der Waals surface area contributed by atoms with Gasteiger partial charge in [-0.2, -0.15) is 10.2 Å². The zero-order valence-electron chi connectivity index (χ0n) is 24.4. The molecule has 0 aromatic heterocycles. The number of carbonyl (C=O) groups excluding carboxylic acids is 4. The van der Waals surface area contributed by atoms with E-state index in [1.165, 1.54) is 12.8 Å². The van der Waals surface area contributed by atoms with Crippen LogP contribution < -0.4 is 21.5 Å². The second kappa shape index (κ2) is 15.0. The van der Waals surface area contributed by atoms with E-state index >= 15 is 0 Å². The summed E-state index contributed by atoms with van der Waals surface area (Å²) in [6.07, 6.45) is 10.3. The minimum absolute atomic E-state index is 0.0261. The second-order valence-corrected chi connectivity index (χ2v) is 11.1. The van der Waals surface area contributed by atoms with E-state index in [9.17, 15) is 19.2 Å². The number of nitrogens with one attached hydrogen (secondary N) is 4. The molecule has 42 heavy (non-hydrogen) atoms. The van der Waals surface area contributed by atoms with Crippen LogP contribution in [0.4, 0.5) is 11.4 Å². The number of rotatable bonds is 8. The van der Waals surface area contributed by atoms with Crippen molar-refractivity contribution in [1.29, 1.82) is 0 Å². The summed E-state index contributed by atoms with van der Waals surface area (Å²) >= 11 is 0. The summed E-state index contributed by atoms with van der Waals surface area (Å²) in [5.41, 5.74) is 8.14. The van der Waals surface area contributed by atoms with Crippen molar-refractivity contribution in [2.45, 2.75) is 78.1 Å². The van der Waals surface area contributed by atoms with Crippen LogP contribution in [0.2, 0.25) is 0 Å². The van der Waals surface area contributed by atoms with Gasteiger partial charge < -0.3 is 10.6 Å². The van der Waals surface area contributed by atoms with Crippen LogP contribution in [0.1, 0.15) is 89.2 Å². The topological polar surface area (TPSA) is 141 Å². The smallest absolute Gasteiger partial charge is 0.326 e. The Labute approximate surface area is 246 Å². The van der Waals surface area contributed by atoms with Crippen molar-refractivity contribution in [3.8, 4) is 0 Å². The molecule has 0 atom stereocenters.